The van der Waals surface area contributed by atoms with E-state index in [1.165, 1.54) is 19.1 Å². The first kappa shape index (κ1) is 32.3. The zero-order chi connectivity index (χ0) is 30.6. The summed E-state index contributed by atoms with van der Waals surface area (Å²) < 4.78 is 118. The third-order valence-corrected chi connectivity index (χ3v) is 7.62. The number of halogens is 6. The van der Waals surface area contributed by atoms with Crippen molar-refractivity contribution in [2.75, 3.05) is 13.2 Å². The molecular weight excluding hydrogens is 574 g/mol. The summed E-state index contributed by atoms with van der Waals surface area (Å²) in [6.07, 6.45) is -12.8. The summed E-state index contributed by atoms with van der Waals surface area (Å²) in [6, 6.07) is 15.1. The van der Waals surface area contributed by atoms with Crippen LogP contribution >= 0.6 is 0 Å². The summed E-state index contributed by atoms with van der Waals surface area (Å²) in [5, 5.41) is 9.89. The Labute approximate surface area is 234 Å². The molecule has 0 saturated carbocycles. The van der Waals surface area contributed by atoms with Gasteiger partial charge < -0.3 is 9.84 Å². The Morgan fingerprint density at radius 3 is 1.90 bits per heavy atom. The molecule has 0 bridgehead atoms. The molecule has 0 heterocycles. The van der Waals surface area contributed by atoms with E-state index in [0.29, 0.717) is 17.7 Å². The fourth-order valence-electron chi connectivity index (χ4n) is 4.17. The smallest absolute Gasteiger partial charge is 0.392 e. The number of alkyl halides is 6. The molecule has 3 aromatic rings. The lowest BCUT2D eigenvalue weighted by Gasteiger charge is -2.31. The Morgan fingerprint density at radius 2 is 1.41 bits per heavy atom. The van der Waals surface area contributed by atoms with E-state index in [-0.39, 0.29) is 16.5 Å². The Bertz CT molecular complexity index is 1400. The first-order valence-electron chi connectivity index (χ1n) is 12.3. The standard InChI is InChI=1S/C29H28F6O5S/c1-18-9-11-25(12-10-18)41(37,38)39-17-26(27(19(2)16-36)21-7-5-4-6-8-21)40-20(3)22-13-23(28(30,31)32)15-24(14-22)29(33,34)35/h4-15,20,26-27,36H,2,16-17H2,1,3H3/t20-,26+,27+/m1/s1. The van der Waals surface area contributed by atoms with Crippen molar-refractivity contribution in [3.63, 3.8) is 0 Å². The number of hydrogen-bond donors (Lipinski definition) is 1. The Hall–Kier alpha value is -3.19. The van der Waals surface area contributed by atoms with Crippen LogP contribution in [0, 0.1) is 6.92 Å². The van der Waals surface area contributed by atoms with Gasteiger partial charge in [-0.15, -0.1) is 0 Å². The highest BCUT2D eigenvalue weighted by Gasteiger charge is 2.38. The van der Waals surface area contributed by atoms with Gasteiger partial charge in [0.15, 0.2) is 0 Å². The van der Waals surface area contributed by atoms with Gasteiger partial charge in [0.1, 0.15) is 0 Å². The quantitative estimate of drug-likeness (QED) is 0.143. The van der Waals surface area contributed by atoms with Gasteiger partial charge in [-0.05, 0) is 60.9 Å². The highest BCUT2D eigenvalue weighted by Crippen LogP contribution is 2.39. The summed E-state index contributed by atoms with van der Waals surface area (Å²) >= 11 is 0. The number of aliphatic hydroxyl groups is 1. The van der Waals surface area contributed by atoms with Gasteiger partial charge in [-0.1, -0.05) is 54.6 Å². The summed E-state index contributed by atoms with van der Waals surface area (Å²) in [6.45, 7) is 5.56. The minimum atomic E-state index is -5.07. The van der Waals surface area contributed by atoms with Crippen LogP contribution in [0.1, 0.15) is 46.8 Å². The normalized spacial score (nSPS) is 14.9. The van der Waals surface area contributed by atoms with Crippen molar-refractivity contribution in [1.82, 2.24) is 0 Å². The lowest BCUT2D eigenvalue weighted by atomic mass is 9.87. The molecule has 5 nitrogen and oxygen atoms in total. The monoisotopic (exact) mass is 602 g/mol. The summed E-state index contributed by atoms with van der Waals surface area (Å²) in [5.41, 5.74) is -2.04. The zero-order valence-electron chi connectivity index (χ0n) is 22.0. The third-order valence-electron chi connectivity index (χ3n) is 6.33. The van der Waals surface area contributed by atoms with E-state index in [1.54, 1.807) is 49.4 Å². The van der Waals surface area contributed by atoms with Crippen molar-refractivity contribution in [3.8, 4) is 0 Å². The zero-order valence-corrected chi connectivity index (χ0v) is 22.9. The number of aryl methyl sites for hydroxylation is 1. The molecule has 41 heavy (non-hydrogen) atoms. The van der Waals surface area contributed by atoms with E-state index < -0.39 is 70.5 Å². The SMILES string of the molecule is C=C(CO)[C@@H](c1ccccc1)[C@H](COS(=O)(=O)c1ccc(C)cc1)O[C@H](C)c1cc(C(F)(F)F)cc(C(F)(F)F)c1. The molecule has 0 unspecified atom stereocenters. The molecule has 12 heteroatoms. The molecule has 0 aliphatic heterocycles. The molecule has 0 aromatic heterocycles. The van der Waals surface area contributed by atoms with Gasteiger partial charge in [0.05, 0.1) is 41.4 Å². The molecule has 3 aromatic carbocycles. The Morgan fingerprint density at radius 1 is 0.878 bits per heavy atom. The topological polar surface area (TPSA) is 72.8 Å². The van der Waals surface area contributed by atoms with Crippen LogP contribution in [0.15, 0.2) is 89.8 Å². The third kappa shape index (κ3) is 8.41. The molecule has 0 spiro atoms. The van der Waals surface area contributed by atoms with Crippen molar-refractivity contribution in [2.45, 2.75) is 49.2 Å². The summed E-state index contributed by atoms with van der Waals surface area (Å²) in [7, 11) is -4.34. The van der Waals surface area contributed by atoms with Crippen LogP contribution in [0.2, 0.25) is 0 Å². The molecule has 0 amide bonds. The first-order valence-corrected chi connectivity index (χ1v) is 13.7. The largest absolute Gasteiger partial charge is 0.416 e. The van der Waals surface area contributed by atoms with Gasteiger partial charge in [0, 0.05) is 5.92 Å². The molecule has 222 valence electrons. The van der Waals surface area contributed by atoms with Crippen LogP contribution in [0.25, 0.3) is 0 Å². The maximum Gasteiger partial charge on any atom is 0.416 e. The van der Waals surface area contributed by atoms with Crippen molar-refractivity contribution < 1.29 is 48.8 Å². The fraction of sp³-hybridized carbons (Fsp3) is 0.310. The van der Waals surface area contributed by atoms with Gasteiger partial charge in [-0.3, -0.25) is 4.18 Å². The van der Waals surface area contributed by atoms with E-state index in [2.05, 4.69) is 6.58 Å². The first-order chi connectivity index (χ1) is 19.0. The lowest BCUT2D eigenvalue weighted by Crippen LogP contribution is -2.32. The van der Waals surface area contributed by atoms with Gasteiger partial charge in [0.25, 0.3) is 10.1 Å². The van der Waals surface area contributed by atoms with Crippen molar-refractivity contribution in [1.29, 1.82) is 0 Å². The van der Waals surface area contributed by atoms with Gasteiger partial charge in [-0.25, -0.2) is 0 Å². The van der Waals surface area contributed by atoms with E-state index in [4.69, 9.17) is 8.92 Å². The van der Waals surface area contributed by atoms with Crippen LogP contribution in [-0.4, -0.2) is 32.8 Å². The van der Waals surface area contributed by atoms with Gasteiger partial charge in [-0.2, -0.15) is 34.8 Å². The Kier molecular flexibility index (Phi) is 10.1. The van der Waals surface area contributed by atoms with Crippen molar-refractivity contribution in [3.05, 3.63) is 113 Å². The lowest BCUT2D eigenvalue weighted by molar-refractivity contribution is -0.143. The molecule has 0 fully saturated rings. The Balaban J connectivity index is 2.04. The van der Waals surface area contributed by atoms with E-state index in [1.807, 2.05) is 0 Å². The van der Waals surface area contributed by atoms with E-state index in [0.717, 1.165) is 5.56 Å². The van der Waals surface area contributed by atoms with E-state index >= 15 is 0 Å². The van der Waals surface area contributed by atoms with Crippen molar-refractivity contribution >= 4 is 10.1 Å². The molecule has 0 aliphatic carbocycles. The highest BCUT2D eigenvalue weighted by molar-refractivity contribution is 7.86. The highest BCUT2D eigenvalue weighted by atomic mass is 32.2. The minimum absolute atomic E-state index is 0.00530. The number of hydrogen-bond acceptors (Lipinski definition) is 5. The van der Waals surface area contributed by atoms with Crippen LogP contribution in [0.3, 0.4) is 0 Å². The predicted molar refractivity (Wildman–Crippen MR) is 139 cm³/mol. The second-order valence-electron chi connectivity index (χ2n) is 9.41. The maximum atomic E-state index is 13.5. The van der Waals surface area contributed by atoms with E-state index in [9.17, 15) is 39.9 Å². The second-order valence-corrected chi connectivity index (χ2v) is 11.0. The number of aliphatic hydroxyl groups excluding tert-OH is 1. The molecule has 0 aliphatic rings. The van der Waals surface area contributed by atoms with Gasteiger partial charge >= 0.3 is 12.4 Å². The summed E-state index contributed by atoms with van der Waals surface area (Å²) in [4.78, 5) is -0.167. The van der Waals surface area contributed by atoms with Crippen LogP contribution in [0.5, 0.6) is 0 Å². The maximum absolute atomic E-state index is 13.5. The number of benzene rings is 3. The molecule has 3 atom stereocenters. The fourth-order valence-corrected chi connectivity index (χ4v) is 5.09. The predicted octanol–water partition coefficient (Wildman–Crippen LogP) is 7.22. The summed E-state index contributed by atoms with van der Waals surface area (Å²) in [5.74, 6) is -0.940. The minimum Gasteiger partial charge on any atom is -0.392 e. The van der Waals surface area contributed by atoms with Crippen LogP contribution < -0.4 is 0 Å². The average Bonchev–Trinajstić information content (AvgIpc) is 2.91. The number of ether oxygens (including phenoxy) is 1. The van der Waals surface area contributed by atoms with Crippen LogP contribution in [0.4, 0.5) is 26.3 Å². The second kappa shape index (κ2) is 12.8. The molecule has 1 N–H and O–H groups in total. The molecule has 3 rings (SSSR count). The molecule has 0 radical (unpaired) electrons. The number of rotatable bonds is 11. The van der Waals surface area contributed by atoms with Gasteiger partial charge in [0.2, 0.25) is 0 Å². The van der Waals surface area contributed by atoms with Crippen LogP contribution in [-0.2, 0) is 31.4 Å². The average molecular weight is 603 g/mol. The van der Waals surface area contributed by atoms with Crippen molar-refractivity contribution in [2.24, 2.45) is 0 Å². The molecule has 0 saturated heterocycles. The molecular formula is C29H28F6O5S.